The van der Waals surface area contributed by atoms with Gasteiger partial charge in [-0.2, -0.15) is 0 Å². The Hall–Kier alpha value is -1.58. The molecule has 1 aliphatic rings. The zero-order valence-corrected chi connectivity index (χ0v) is 12.6. The fraction of sp³-hybridized carbons (Fsp3) is 0.333. The molecule has 2 atom stereocenters. The molecule has 1 heterocycles. The lowest BCUT2D eigenvalue weighted by Gasteiger charge is -2.36. The number of hydrogen-bond acceptors (Lipinski definition) is 2. The maximum absolute atomic E-state index is 6.16. The molecule has 0 aromatic heterocycles. The Labute approximate surface area is 127 Å². The van der Waals surface area contributed by atoms with Crippen molar-refractivity contribution in [1.29, 1.82) is 0 Å². The van der Waals surface area contributed by atoms with Gasteiger partial charge in [-0.05, 0) is 16.9 Å². The summed E-state index contributed by atoms with van der Waals surface area (Å²) < 4.78 is 12.3. The van der Waals surface area contributed by atoms with Crippen LogP contribution in [0.3, 0.4) is 0 Å². The average molecular weight is 280 g/mol. The Morgan fingerprint density at radius 3 is 1.62 bits per heavy atom. The lowest BCUT2D eigenvalue weighted by Crippen LogP contribution is -2.36. The molecule has 0 saturated carbocycles. The van der Waals surface area contributed by atoms with Crippen molar-refractivity contribution in [2.24, 2.45) is 0 Å². The molecule has 2 unspecified atom stereocenters. The average Bonchev–Trinajstić information content (AvgIpc) is 2.56. The van der Waals surface area contributed by atoms with Crippen LogP contribution in [0.2, 0.25) is 5.82 Å². The van der Waals surface area contributed by atoms with Gasteiger partial charge in [0.05, 0.1) is 12.2 Å². The van der Waals surface area contributed by atoms with Gasteiger partial charge in [0.2, 0.25) is 0 Å². The minimum atomic E-state index is -0.158. The highest BCUT2D eigenvalue weighted by Crippen LogP contribution is 2.39. The third-order valence-electron chi connectivity index (χ3n) is 3.91. The molecule has 0 spiro atoms. The molecule has 2 aromatic carbocycles. The highest BCUT2D eigenvalue weighted by molar-refractivity contribution is 6.46. The van der Waals surface area contributed by atoms with Gasteiger partial charge in [-0.3, -0.25) is 0 Å². The van der Waals surface area contributed by atoms with Crippen molar-refractivity contribution >= 4 is 7.12 Å². The van der Waals surface area contributed by atoms with Crippen molar-refractivity contribution in [3.8, 4) is 0 Å². The highest BCUT2D eigenvalue weighted by atomic mass is 16.6. The second-order valence-electron chi connectivity index (χ2n) is 5.92. The fourth-order valence-corrected chi connectivity index (χ4v) is 2.74. The van der Waals surface area contributed by atoms with Crippen LogP contribution in [0.5, 0.6) is 0 Å². The molecule has 3 rings (SSSR count). The fourth-order valence-electron chi connectivity index (χ4n) is 2.74. The Morgan fingerprint density at radius 2 is 1.24 bits per heavy atom. The van der Waals surface area contributed by atoms with Crippen molar-refractivity contribution in [2.45, 2.75) is 38.3 Å². The summed E-state index contributed by atoms with van der Waals surface area (Å²) in [6, 6.07) is 20.9. The van der Waals surface area contributed by atoms with Gasteiger partial charge >= 0.3 is 7.12 Å². The van der Waals surface area contributed by atoms with Gasteiger partial charge in [0.15, 0.2) is 0 Å². The molecule has 0 bridgehead atoms. The van der Waals surface area contributed by atoms with Gasteiger partial charge in [-0.15, -0.1) is 0 Å². The Kier molecular flexibility index (Phi) is 4.42. The van der Waals surface area contributed by atoms with Gasteiger partial charge in [0, 0.05) is 6.42 Å². The van der Waals surface area contributed by atoms with Crippen LogP contribution in [0.15, 0.2) is 60.7 Å². The predicted octanol–water partition coefficient (Wildman–Crippen LogP) is 4.80. The van der Waals surface area contributed by atoms with E-state index in [9.17, 15) is 0 Å². The van der Waals surface area contributed by atoms with E-state index in [0.717, 1.165) is 6.42 Å². The molecule has 1 saturated heterocycles. The smallest absolute Gasteiger partial charge is 0.404 e. The van der Waals surface area contributed by atoms with Crippen LogP contribution >= 0.6 is 0 Å². The van der Waals surface area contributed by atoms with E-state index in [1.54, 1.807) is 0 Å². The largest absolute Gasteiger partial charge is 0.460 e. The van der Waals surface area contributed by atoms with E-state index >= 15 is 0 Å². The van der Waals surface area contributed by atoms with Crippen LogP contribution in [-0.2, 0) is 9.31 Å². The van der Waals surface area contributed by atoms with Crippen LogP contribution in [0.25, 0.3) is 0 Å². The molecule has 0 amide bonds. The minimum absolute atomic E-state index is 0.0950. The third-order valence-corrected chi connectivity index (χ3v) is 3.91. The summed E-state index contributed by atoms with van der Waals surface area (Å²) in [5.74, 6) is 0.336. The van der Waals surface area contributed by atoms with Crippen LogP contribution < -0.4 is 0 Å². The summed E-state index contributed by atoms with van der Waals surface area (Å²) >= 11 is 0. The summed E-state index contributed by atoms with van der Waals surface area (Å²) in [4.78, 5) is 0. The molecule has 1 fully saturated rings. The second kappa shape index (κ2) is 6.46. The quantitative estimate of drug-likeness (QED) is 0.751. The van der Waals surface area contributed by atoms with E-state index in [1.807, 2.05) is 12.1 Å². The summed E-state index contributed by atoms with van der Waals surface area (Å²) in [5.41, 5.74) is 2.46. The third kappa shape index (κ3) is 3.37. The number of hydrogen-bond donors (Lipinski definition) is 0. The van der Waals surface area contributed by atoms with Crippen LogP contribution in [-0.4, -0.2) is 7.12 Å². The van der Waals surface area contributed by atoms with Gasteiger partial charge in [0.25, 0.3) is 0 Å². The molecule has 2 nitrogen and oxygen atoms in total. The molecule has 0 aliphatic carbocycles. The predicted molar refractivity (Wildman–Crippen MR) is 86.0 cm³/mol. The zero-order valence-electron chi connectivity index (χ0n) is 12.6. The highest BCUT2D eigenvalue weighted by Gasteiger charge is 2.37. The maximum atomic E-state index is 6.16. The van der Waals surface area contributed by atoms with E-state index in [0.29, 0.717) is 5.82 Å². The second-order valence-corrected chi connectivity index (χ2v) is 5.92. The summed E-state index contributed by atoms with van der Waals surface area (Å²) in [5, 5.41) is 0. The molecule has 0 N–H and O–H groups in total. The van der Waals surface area contributed by atoms with E-state index in [1.165, 1.54) is 11.1 Å². The SMILES string of the molecule is CC(C)B1OC(c2ccccc2)CC(c2ccccc2)O1. The first-order valence-electron chi connectivity index (χ1n) is 7.65. The first-order chi connectivity index (χ1) is 10.2. The topological polar surface area (TPSA) is 18.5 Å². The minimum Gasteiger partial charge on any atom is -0.404 e. The Bertz CT molecular complexity index is 508. The van der Waals surface area contributed by atoms with Crippen molar-refractivity contribution in [3.05, 3.63) is 71.8 Å². The van der Waals surface area contributed by atoms with E-state index in [-0.39, 0.29) is 19.3 Å². The summed E-state index contributed by atoms with van der Waals surface area (Å²) in [6.07, 6.45) is 1.05. The van der Waals surface area contributed by atoms with Gasteiger partial charge < -0.3 is 9.31 Å². The van der Waals surface area contributed by atoms with Crippen LogP contribution in [0, 0.1) is 0 Å². The first-order valence-corrected chi connectivity index (χ1v) is 7.65. The number of rotatable bonds is 3. The molecule has 2 aromatic rings. The molecule has 3 heteroatoms. The first kappa shape index (κ1) is 14.4. The van der Waals surface area contributed by atoms with Gasteiger partial charge in [-0.25, -0.2) is 0 Å². The lowest BCUT2D eigenvalue weighted by atomic mass is 9.71. The zero-order chi connectivity index (χ0) is 14.7. The van der Waals surface area contributed by atoms with Crippen molar-refractivity contribution in [1.82, 2.24) is 0 Å². The van der Waals surface area contributed by atoms with Gasteiger partial charge in [0.1, 0.15) is 0 Å². The van der Waals surface area contributed by atoms with Crippen molar-refractivity contribution in [3.63, 3.8) is 0 Å². The van der Waals surface area contributed by atoms with E-state index in [4.69, 9.17) is 9.31 Å². The Morgan fingerprint density at radius 1 is 0.810 bits per heavy atom. The maximum Gasteiger partial charge on any atom is 0.460 e. The van der Waals surface area contributed by atoms with Crippen LogP contribution in [0.1, 0.15) is 43.6 Å². The van der Waals surface area contributed by atoms with E-state index < -0.39 is 0 Å². The van der Waals surface area contributed by atoms with Gasteiger partial charge in [-0.1, -0.05) is 74.5 Å². The molecule has 0 radical (unpaired) electrons. The molecular formula is C18H21BO2. The summed E-state index contributed by atoms with van der Waals surface area (Å²) in [6.45, 7) is 4.28. The monoisotopic (exact) mass is 280 g/mol. The molecular weight excluding hydrogens is 259 g/mol. The van der Waals surface area contributed by atoms with Crippen LogP contribution in [0.4, 0.5) is 0 Å². The van der Waals surface area contributed by atoms with E-state index in [2.05, 4.69) is 62.4 Å². The molecule has 1 aliphatic heterocycles. The summed E-state index contributed by atoms with van der Waals surface area (Å²) in [7, 11) is -0.158. The lowest BCUT2D eigenvalue weighted by molar-refractivity contribution is 0.0106. The number of benzene rings is 2. The molecule has 108 valence electrons. The molecule has 21 heavy (non-hydrogen) atoms. The van der Waals surface area contributed by atoms with Crippen molar-refractivity contribution in [2.75, 3.05) is 0 Å². The van der Waals surface area contributed by atoms with Crippen molar-refractivity contribution < 1.29 is 9.31 Å². The standard InChI is InChI=1S/C18H21BO2/c1-14(2)19-20-17(15-9-5-3-6-10-15)13-18(21-19)16-11-7-4-8-12-16/h3-12,14,17-18H,13H2,1-2H3. The Balaban J connectivity index is 1.85. The normalized spacial score (nSPS) is 22.5.